The van der Waals surface area contributed by atoms with E-state index in [-0.39, 0.29) is 11.6 Å². The largest absolute Gasteiger partial charge is 0.295 e. The van der Waals surface area contributed by atoms with E-state index < -0.39 is 0 Å². The molecule has 2 rings (SSSR count). The fourth-order valence-electron chi connectivity index (χ4n) is 1.79. The van der Waals surface area contributed by atoms with E-state index in [1.807, 2.05) is 24.3 Å². The minimum atomic E-state index is 0.0297. The first-order chi connectivity index (χ1) is 7.59. The molecule has 0 saturated carbocycles. The maximum absolute atomic E-state index is 11.4. The summed E-state index contributed by atoms with van der Waals surface area (Å²) in [6.45, 7) is 3.08. The maximum atomic E-state index is 11.4. The van der Waals surface area contributed by atoms with Gasteiger partial charge >= 0.3 is 0 Å². The molecule has 2 heteroatoms. The minimum absolute atomic E-state index is 0.0297. The van der Waals surface area contributed by atoms with Crippen LogP contribution in [0.15, 0.2) is 36.4 Å². The average molecular weight is 212 g/mol. The molecule has 0 aromatic carbocycles. The lowest BCUT2D eigenvalue weighted by atomic mass is 10.1. The molecule has 80 valence electrons. The van der Waals surface area contributed by atoms with E-state index in [1.54, 1.807) is 19.1 Å². The number of carbonyl (C=O) groups excluding carboxylic acids is 2. The molecule has 0 heterocycles. The summed E-state index contributed by atoms with van der Waals surface area (Å²) < 4.78 is 0. The molecule has 0 aliphatic heterocycles. The summed E-state index contributed by atoms with van der Waals surface area (Å²) in [5.41, 5.74) is 3.25. The molecule has 16 heavy (non-hydrogen) atoms. The van der Waals surface area contributed by atoms with Crippen LogP contribution < -0.4 is 0 Å². The monoisotopic (exact) mass is 212 g/mol. The molecule has 0 radical (unpaired) electrons. The quantitative estimate of drug-likeness (QED) is 0.716. The van der Waals surface area contributed by atoms with Gasteiger partial charge in [-0.05, 0) is 25.0 Å². The zero-order valence-electron chi connectivity index (χ0n) is 9.28. The van der Waals surface area contributed by atoms with Crippen LogP contribution in [-0.4, -0.2) is 11.6 Å². The van der Waals surface area contributed by atoms with Crippen LogP contribution in [0.1, 0.15) is 34.6 Å². The van der Waals surface area contributed by atoms with Gasteiger partial charge in [0, 0.05) is 11.1 Å². The molecule has 0 unspecified atom stereocenters. The molecule has 0 N–H and O–H groups in total. The summed E-state index contributed by atoms with van der Waals surface area (Å²) in [6.07, 6.45) is 0. The van der Waals surface area contributed by atoms with E-state index in [4.69, 9.17) is 0 Å². The fraction of sp³-hybridized carbons (Fsp3) is 0.143. The predicted octanol–water partition coefficient (Wildman–Crippen LogP) is 3.20. The van der Waals surface area contributed by atoms with Crippen molar-refractivity contribution in [1.29, 1.82) is 0 Å². The van der Waals surface area contributed by atoms with Gasteiger partial charge in [0.15, 0.2) is 11.6 Å². The van der Waals surface area contributed by atoms with Gasteiger partial charge in [0.2, 0.25) is 0 Å². The van der Waals surface area contributed by atoms with Gasteiger partial charge < -0.3 is 0 Å². The summed E-state index contributed by atoms with van der Waals surface area (Å²) in [7, 11) is 0. The van der Waals surface area contributed by atoms with Crippen molar-refractivity contribution in [3.05, 3.63) is 47.5 Å². The van der Waals surface area contributed by atoms with Gasteiger partial charge in [-0.2, -0.15) is 0 Å². The Morgan fingerprint density at radius 1 is 0.812 bits per heavy atom. The molecule has 2 aliphatic carbocycles. The first kappa shape index (κ1) is 10.6. The summed E-state index contributed by atoms with van der Waals surface area (Å²) in [4.78, 5) is 22.6. The van der Waals surface area contributed by atoms with Crippen molar-refractivity contribution in [3.8, 4) is 11.1 Å². The lowest BCUT2D eigenvalue weighted by molar-refractivity contribution is 0.101. The van der Waals surface area contributed by atoms with E-state index in [0.29, 0.717) is 11.1 Å². The SMILES string of the molecule is CC(=O)c1ccc2ccc(C(C)=O)c-2cc1. The van der Waals surface area contributed by atoms with E-state index in [1.165, 1.54) is 6.92 Å². The number of Topliss-reactive ketones (excluding diaryl/α,β-unsaturated/α-hetero) is 2. The zero-order chi connectivity index (χ0) is 11.7. The Balaban J connectivity index is 2.64. The smallest absolute Gasteiger partial charge is 0.160 e. The number of hydrogen-bond donors (Lipinski definition) is 0. The number of carbonyl (C=O) groups is 2. The molecule has 2 aliphatic rings. The van der Waals surface area contributed by atoms with E-state index in [9.17, 15) is 9.59 Å². The van der Waals surface area contributed by atoms with Gasteiger partial charge in [-0.3, -0.25) is 9.59 Å². The summed E-state index contributed by atoms with van der Waals surface area (Å²) >= 11 is 0. The van der Waals surface area contributed by atoms with Crippen LogP contribution >= 0.6 is 0 Å². The van der Waals surface area contributed by atoms with Crippen LogP contribution in [-0.2, 0) is 0 Å². The number of fused-ring (bicyclic) bond motifs is 1. The lowest BCUT2D eigenvalue weighted by Gasteiger charge is -1.95. The third-order valence-electron chi connectivity index (χ3n) is 2.69. The van der Waals surface area contributed by atoms with Gasteiger partial charge in [0.05, 0.1) is 0 Å². The predicted molar refractivity (Wildman–Crippen MR) is 63.1 cm³/mol. The van der Waals surface area contributed by atoms with Crippen LogP contribution in [0.2, 0.25) is 0 Å². The molecule has 0 bridgehead atoms. The zero-order valence-corrected chi connectivity index (χ0v) is 9.28. The standard InChI is InChI=1S/C14H12O2/c1-9(15)11-3-4-12-6-7-13(10(2)16)14(12)8-5-11/h3-8H,1-2H3. The Morgan fingerprint density at radius 2 is 1.44 bits per heavy atom. The minimum Gasteiger partial charge on any atom is -0.295 e. The highest BCUT2D eigenvalue weighted by Crippen LogP contribution is 2.27. The fourth-order valence-corrected chi connectivity index (χ4v) is 1.79. The Hall–Kier alpha value is -1.96. The van der Waals surface area contributed by atoms with Gasteiger partial charge in [-0.1, -0.05) is 36.4 Å². The second-order valence-corrected chi connectivity index (χ2v) is 3.85. The van der Waals surface area contributed by atoms with Crippen molar-refractivity contribution in [1.82, 2.24) is 0 Å². The van der Waals surface area contributed by atoms with Crippen LogP contribution in [0.4, 0.5) is 0 Å². The molecule has 2 nitrogen and oxygen atoms in total. The van der Waals surface area contributed by atoms with Gasteiger partial charge in [-0.15, -0.1) is 0 Å². The van der Waals surface area contributed by atoms with Gasteiger partial charge in [0.1, 0.15) is 0 Å². The molecular formula is C14H12O2. The van der Waals surface area contributed by atoms with E-state index in [2.05, 4.69) is 0 Å². The highest BCUT2D eigenvalue weighted by atomic mass is 16.1. The molecule has 0 saturated heterocycles. The van der Waals surface area contributed by atoms with E-state index in [0.717, 1.165) is 11.1 Å². The van der Waals surface area contributed by atoms with Crippen LogP contribution in [0, 0.1) is 0 Å². The second-order valence-electron chi connectivity index (χ2n) is 3.85. The molecule has 0 aromatic heterocycles. The lowest BCUT2D eigenvalue weighted by Crippen LogP contribution is -1.89. The van der Waals surface area contributed by atoms with Crippen LogP contribution in [0.25, 0.3) is 11.1 Å². The third-order valence-corrected chi connectivity index (χ3v) is 2.69. The molecule has 0 atom stereocenters. The molecule has 0 fully saturated rings. The van der Waals surface area contributed by atoms with E-state index >= 15 is 0 Å². The average Bonchev–Trinajstić information content (AvgIpc) is 2.50. The maximum Gasteiger partial charge on any atom is 0.160 e. The third kappa shape index (κ3) is 1.74. The summed E-state index contributed by atoms with van der Waals surface area (Å²) in [6, 6.07) is 11.0. The van der Waals surface area contributed by atoms with Gasteiger partial charge in [-0.25, -0.2) is 0 Å². The van der Waals surface area contributed by atoms with Crippen molar-refractivity contribution in [3.63, 3.8) is 0 Å². The Bertz CT molecular complexity index is 541. The first-order valence-electron chi connectivity index (χ1n) is 5.14. The van der Waals surface area contributed by atoms with Crippen molar-refractivity contribution >= 4 is 11.6 Å². The summed E-state index contributed by atoms with van der Waals surface area (Å²) in [5, 5.41) is 0. The topological polar surface area (TPSA) is 34.1 Å². The molecule has 0 aromatic rings. The summed E-state index contributed by atoms with van der Waals surface area (Å²) in [5.74, 6) is 0.0765. The Labute approximate surface area is 94.3 Å². The van der Waals surface area contributed by atoms with Gasteiger partial charge in [0.25, 0.3) is 0 Å². The van der Waals surface area contributed by atoms with Crippen molar-refractivity contribution in [2.45, 2.75) is 13.8 Å². The normalized spacial score (nSPS) is 10.4. The highest BCUT2D eigenvalue weighted by molar-refractivity contribution is 6.02. The van der Waals surface area contributed by atoms with Crippen LogP contribution in [0.5, 0.6) is 0 Å². The number of rotatable bonds is 2. The number of ketones is 2. The van der Waals surface area contributed by atoms with Crippen molar-refractivity contribution < 1.29 is 9.59 Å². The number of hydrogen-bond acceptors (Lipinski definition) is 2. The van der Waals surface area contributed by atoms with Crippen molar-refractivity contribution in [2.75, 3.05) is 0 Å². The van der Waals surface area contributed by atoms with Crippen LogP contribution in [0.3, 0.4) is 0 Å². The van der Waals surface area contributed by atoms with Crippen molar-refractivity contribution in [2.24, 2.45) is 0 Å². The Kier molecular flexibility index (Phi) is 2.57. The first-order valence-corrected chi connectivity index (χ1v) is 5.14. The molecule has 0 spiro atoms. The second kappa shape index (κ2) is 3.89. The molecule has 0 amide bonds. The molecular weight excluding hydrogens is 200 g/mol. The Morgan fingerprint density at radius 3 is 2.06 bits per heavy atom. The highest BCUT2D eigenvalue weighted by Gasteiger charge is 2.11.